The summed E-state index contributed by atoms with van der Waals surface area (Å²) < 4.78 is 8.54. The van der Waals surface area contributed by atoms with E-state index in [4.69, 9.17) is 16.3 Å². The maximum Gasteiger partial charge on any atom is 0.292 e. The zero-order valence-corrected chi connectivity index (χ0v) is 17.2. The molecule has 2 heterocycles. The Kier molecular flexibility index (Phi) is 5.54. The molecule has 0 spiro atoms. The van der Waals surface area contributed by atoms with Crippen molar-refractivity contribution in [2.24, 2.45) is 7.05 Å². The molecule has 1 unspecified atom stereocenters. The number of benzene rings is 2. The van der Waals surface area contributed by atoms with Crippen LogP contribution in [0.5, 0.6) is 5.75 Å². The van der Waals surface area contributed by atoms with Gasteiger partial charge in [-0.2, -0.15) is 9.78 Å². The number of nitrogens with zero attached hydrogens (tertiary/aromatic N) is 4. The minimum atomic E-state index is -0.405. The lowest BCUT2D eigenvalue weighted by Crippen LogP contribution is -2.24. The second kappa shape index (κ2) is 8.42. The Morgan fingerprint density at radius 1 is 1.13 bits per heavy atom. The van der Waals surface area contributed by atoms with E-state index in [1.807, 2.05) is 60.3 Å². The smallest absolute Gasteiger partial charge is 0.292 e. The molecule has 0 fully saturated rings. The second-order valence-electron chi connectivity index (χ2n) is 6.68. The molecular weight excluding hydrogens is 402 g/mol. The van der Waals surface area contributed by atoms with E-state index in [0.717, 1.165) is 17.1 Å². The van der Waals surface area contributed by atoms with Crippen molar-refractivity contribution in [3.05, 3.63) is 100.0 Å². The molecule has 4 rings (SSSR count). The van der Waals surface area contributed by atoms with E-state index in [-0.39, 0.29) is 11.1 Å². The molecule has 0 saturated carbocycles. The van der Waals surface area contributed by atoms with Crippen molar-refractivity contribution in [1.29, 1.82) is 0 Å². The number of halogens is 1. The van der Waals surface area contributed by atoms with Crippen LogP contribution in [-0.4, -0.2) is 26.4 Å². The first-order chi connectivity index (χ1) is 14.6. The highest BCUT2D eigenvalue weighted by atomic mass is 35.5. The van der Waals surface area contributed by atoms with Crippen LogP contribution in [0.3, 0.4) is 0 Å². The van der Waals surface area contributed by atoms with E-state index in [9.17, 15) is 4.79 Å². The normalized spacial score (nSPS) is 11.8. The van der Waals surface area contributed by atoms with E-state index in [1.165, 1.54) is 4.68 Å². The number of nitrogens with one attached hydrogen (secondary N) is 1. The average molecular weight is 422 g/mol. The molecule has 152 valence electrons. The number of aryl methyl sites for hydroxylation is 1. The Labute approximate surface area is 178 Å². The van der Waals surface area contributed by atoms with Crippen LogP contribution in [0, 0.1) is 0 Å². The van der Waals surface area contributed by atoms with Gasteiger partial charge in [-0.1, -0.05) is 41.9 Å². The monoisotopic (exact) mass is 421 g/mol. The van der Waals surface area contributed by atoms with Gasteiger partial charge in [0.25, 0.3) is 5.56 Å². The predicted octanol–water partition coefficient (Wildman–Crippen LogP) is 3.83. The predicted molar refractivity (Wildman–Crippen MR) is 117 cm³/mol. The van der Waals surface area contributed by atoms with Crippen LogP contribution in [0.15, 0.2) is 78.0 Å². The molecule has 8 heteroatoms. The first kappa shape index (κ1) is 19.7. The molecule has 0 radical (unpaired) electrons. The molecule has 1 N–H and O–H groups in total. The highest BCUT2D eigenvalue weighted by molar-refractivity contribution is 6.33. The molecule has 0 saturated heterocycles. The second-order valence-corrected chi connectivity index (χ2v) is 7.05. The quantitative estimate of drug-likeness (QED) is 0.512. The lowest BCUT2D eigenvalue weighted by atomic mass is 10.1. The average Bonchev–Trinajstić information content (AvgIpc) is 3.21. The Balaban J connectivity index is 1.76. The molecule has 0 aliphatic heterocycles. The van der Waals surface area contributed by atoms with Crippen molar-refractivity contribution in [2.75, 3.05) is 12.4 Å². The molecule has 7 nitrogen and oxygen atoms in total. The number of methoxy groups -OCH3 is 1. The third-order valence-corrected chi connectivity index (χ3v) is 5.13. The first-order valence-corrected chi connectivity index (χ1v) is 9.67. The summed E-state index contributed by atoms with van der Waals surface area (Å²) in [6.45, 7) is 0. The molecule has 4 aromatic rings. The van der Waals surface area contributed by atoms with E-state index in [0.29, 0.717) is 11.4 Å². The Morgan fingerprint density at radius 3 is 2.63 bits per heavy atom. The fourth-order valence-corrected chi connectivity index (χ4v) is 3.40. The number of hydrogen-bond acceptors (Lipinski definition) is 5. The lowest BCUT2D eigenvalue weighted by molar-refractivity contribution is 0.414. The third kappa shape index (κ3) is 3.79. The van der Waals surface area contributed by atoms with Crippen LogP contribution in [0.2, 0.25) is 5.02 Å². The number of ether oxygens (including phenoxy) is 1. The summed E-state index contributed by atoms with van der Waals surface area (Å²) in [6, 6.07) is 16.4. The standard InChI is InChI=1S/C22H20ClN5O2/c1-27-12-11-24-21(27)20(15-7-6-10-17(13-15)30-2)26-18-14-25-28(22(29)19(18)23)16-8-4-3-5-9-16/h3-14,20,26H,1-2H3. The lowest BCUT2D eigenvalue weighted by Gasteiger charge is -2.21. The molecule has 0 bridgehead atoms. The fraction of sp³-hybridized carbons (Fsp3) is 0.136. The minimum Gasteiger partial charge on any atom is -0.497 e. The van der Waals surface area contributed by atoms with Crippen molar-refractivity contribution in [2.45, 2.75) is 6.04 Å². The van der Waals surface area contributed by atoms with Gasteiger partial charge in [0.2, 0.25) is 0 Å². The zero-order valence-electron chi connectivity index (χ0n) is 16.5. The van der Waals surface area contributed by atoms with Crippen molar-refractivity contribution in [3.63, 3.8) is 0 Å². The van der Waals surface area contributed by atoms with Gasteiger partial charge in [0.05, 0.1) is 24.7 Å². The topological polar surface area (TPSA) is 74.0 Å². The largest absolute Gasteiger partial charge is 0.497 e. The van der Waals surface area contributed by atoms with Gasteiger partial charge in [-0.15, -0.1) is 0 Å². The molecule has 0 amide bonds. The van der Waals surface area contributed by atoms with E-state index in [2.05, 4.69) is 15.4 Å². The number of imidazole rings is 1. The Morgan fingerprint density at radius 2 is 1.93 bits per heavy atom. The van der Waals surface area contributed by atoms with Crippen LogP contribution >= 0.6 is 11.6 Å². The summed E-state index contributed by atoms with van der Waals surface area (Å²) in [5, 5.41) is 7.68. The summed E-state index contributed by atoms with van der Waals surface area (Å²) in [4.78, 5) is 17.3. The SMILES string of the molecule is COc1cccc(C(Nc2cnn(-c3ccccc3)c(=O)c2Cl)c2nccn2C)c1. The minimum absolute atomic E-state index is 0.0518. The van der Waals surface area contributed by atoms with Gasteiger partial charge in [0.15, 0.2) is 0 Å². The van der Waals surface area contributed by atoms with Gasteiger partial charge in [-0.3, -0.25) is 4.79 Å². The molecule has 2 aromatic heterocycles. The summed E-state index contributed by atoms with van der Waals surface area (Å²) in [6.07, 6.45) is 5.13. The third-order valence-electron chi connectivity index (χ3n) is 4.76. The van der Waals surface area contributed by atoms with Gasteiger partial charge < -0.3 is 14.6 Å². The van der Waals surface area contributed by atoms with E-state index >= 15 is 0 Å². The van der Waals surface area contributed by atoms with Crippen LogP contribution < -0.4 is 15.6 Å². The Hall–Kier alpha value is -3.58. The van der Waals surface area contributed by atoms with Crippen LogP contribution in [0.1, 0.15) is 17.4 Å². The maximum absolute atomic E-state index is 12.8. The molecule has 2 aromatic carbocycles. The van der Waals surface area contributed by atoms with Gasteiger partial charge in [-0.05, 0) is 29.8 Å². The fourth-order valence-electron chi connectivity index (χ4n) is 3.22. The highest BCUT2D eigenvalue weighted by Gasteiger charge is 2.21. The van der Waals surface area contributed by atoms with Crippen molar-refractivity contribution >= 4 is 17.3 Å². The molecule has 1 atom stereocenters. The summed E-state index contributed by atoms with van der Waals surface area (Å²) in [7, 11) is 3.52. The van der Waals surface area contributed by atoms with Gasteiger partial charge in [0, 0.05) is 19.4 Å². The van der Waals surface area contributed by atoms with Crippen LogP contribution in [-0.2, 0) is 7.05 Å². The summed E-state index contributed by atoms with van der Waals surface area (Å²) in [5.74, 6) is 1.48. The number of anilines is 1. The molecule has 0 aliphatic rings. The number of para-hydroxylation sites is 1. The van der Waals surface area contributed by atoms with Gasteiger partial charge in [0.1, 0.15) is 22.6 Å². The molecule has 30 heavy (non-hydrogen) atoms. The number of hydrogen-bond donors (Lipinski definition) is 1. The Bertz CT molecular complexity index is 1220. The highest BCUT2D eigenvalue weighted by Crippen LogP contribution is 2.29. The van der Waals surface area contributed by atoms with Gasteiger partial charge in [-0.25, -0.2) is 4.98 Å². The maximum atomic E-state index is 12.8. The zero-order chi connectivity index (χ0) is 21.1. The summed E-state index contributed by atoms with van der Waals surface area (Å²) >= 11 is 6.45. The number of rotatable bonds is 6. The van der Waals surface area contributed by atoms with Crippen molar-refractivity contribution < 1.29 is 4.74 Å². The van der Waals surface area contributed by atoms with E-state index < -0.39 is 5.56 Å². The molecular formula is C22H20ClN5O2. The van der Waals surface area contributed by atoms with E-state index in [1.54, 1.807) is 31.6 Å². The van der Waals surface area contributed by atoms with Gasteiger partial charge >= 0.3 is 0 Å². The van der Waals surface area contributed by atoms with Crippen molar-refractivity contribution in [1.82, 2.24) is 19.3 Å². The number of aromatic nitrogens is 4. The van der Waals surface area contributed by atoms with Crippen LogP contribution in [0.4, 0.5) is 5.69 Å². The summed E-state index contributed by atoms with van der Waals surface area (Å²) in [5.41, 5.74) is 1.57. The first-order valence-electron chi connectivity index (χ1n) is 9.29. The molecule has 0 aliphatic carbocycles. The van der Waals surface area contributed by atoms with Crippen LogP contribution in [0.25, 0.3) is 5.69 Å². The van der Waals surface area contributed by atoms with Crippen molar-refractivity contribution in [3.8, 4) is 11.4 Å².